The summed E-state index contributed by atoms with van der Waals surface area (Å²) in [6, 6.07) is 0. The summed E-state index contributed by atoms with van der Waals surface area (Å²) in [4.78, 5) is 0. The summed E-state index contributed by atoms with van der Waals surface area (Å²) in [5, 5.41) is 59.4. The number of aliphatic hydroxyl groups is 6. The zero-order valence-electron chi connectivity index (χ0n) is 18.4. The van der Waals surface area contributed by atoms with E-state index in [1.807, 2.05) is 0 Å². The van der Waals surface area contributed by atoms with E-state index >= 15 is 0 Å². The number of allylic oxidation sites excluding steroid dienone is 2. The van der Waals surface area contributed by atoms with Crippen molar-refractivity contribution in [3.63, 3.8) is 0 Å². The van der Waals surface area contributed by atoms with Gasteiger partial charge in [-0.2, -0.15) is 0 Å². The maximum atomic E-state index is 10.2. The number of aliphatic hydroxyl groups excluding tert-OH is 6. The van der Waals surface area contributed by atoms with Crippen molar-refractivity contribution >= 4 is 0 Å². The Morgan fingerprint density at radius 1 is 0.839 bits per heavy atom. The first-order valence-electron chi connectivity index (χ1n) is 10.8. The monoisotopic (exact) mass is 450 g/mol. The van der Waals surface area contributed by atoms with Gasteiger partial charge in [0, 0.05) is 0 Å². The predicted molar refractivity (Wildman–Crippen MR) is 109 cm³/mol. The molecule has 0 aromatic carbocycles. The molecule has 10 atom stereocenters. The van der Waals surface area contributed by atoms with E-state index in [0.29, 0.717) is 12.5 Å². The molecule has 10 heteroatoms. The molecule has 1 unspecified atom stereocenters. The van der Waals surface area contributed by atoms with Crippen molar-refractivity contribution in [3.8, 4) is 0 Å². The fourth-order valence-electron chi connectivity index (χ4n) is 3.57. The summed E-state index contributed by atoms with van der Waals surface area (Å²) in [5.41, 5.74) is 1.28. The van der Waals surface area contributed by atoms with E-state index in [1.165, 1.54) is 5.57 Å². The Morgan fingerprint density at radius 2 is 1.42 bits per heavy atom. The van der Waals surface area contributed by atoms with Gasteiger partial charge in [-0.05, 0) is 39.0 Å². The van der Waals surface area contributed by atoms with Crippen LogP contribution in [0.2, 0.25) is 0 Å². The molecule has 2 saturated heterocycles. The molecule has 0 aromatic rings. The van der Waals surface area contributed by atoms with Gasteiger partial charge in [-0.15, -0.1) is 0 Å². The van der Waals surface area contributed by atoms with E-state index in [9.17, 15) is 25.5 Å². The van der Waals surface area contributed by atoms with Crippen LogP contribution in [-0.2, 0) is 18.9 Å². The average molecular weight is 451 g/mol. The quantitative estimate of drug-likeness (QED) is 0.217. The summed E-state index contributed by atoms with van der Waals surface area (Å²) >= 11 is 0. The topological polar surface area (TPSA) is 158 Å². The minimum Gasteiger partial charge on any atom is -0.394 e. The van der Waals surface area contributed by atoms with Gasteiger partial charge in [-0.25, -0.2) is 0 Å². The van der Waals surface area contributed by atoms with Crippen molar-refractivity contribution < 1.29 is 49.6 Å². The molecule has 0 amide bonds. The summed E-state index contributed by atoms with van der Waals surface area (Å²) in [7, 11) is 0. The zero-order valence-corrected chi connectivity index (χ0v) is 18.4. The third-order valence-electron chi connectivity index (χ3n) is 5.70. The summed E-state index contributed by atoms with van der Waals surface area (Å²) in [6.07, 6.45) is -6.59. The normalized spacial score (nSPS) is 39.5. The molecule has 0 aromatic heterocycles. The molecule has 182 valence electrons. The van der Waals surface area contributed by atoms with Gasteiger partial charge in [0.15, 0.2) is 12.6 Å². The Labute approximate surface area is 183 Å². The highest BCUT2D eigenvalue weighted by atomic mass is 16.7. The SMILES string of the molecule is CC(C)=CCCC(C)CCO[C@@H]1O[C@H](CO[C@@H]2O[C@@H](CO)[C@H](O)[C@H]2O)[C@@H](O)[C@H](O)[C@H]1O. The van der Waals surface area contributed by atoms with Crippen molar-refractivity contribution in [2.45, 2.75) is 95.3 Å². The second-order valence-electron chi connectivity index (χ2n) is 8.68. The Hall–Kier alpha value is -0.660. The third kappa shape index (κ3) is 7.43. The van der Waals surface area contributed by atoms with E-state index in [4.69, 9.17) is 24.1 Å². The molecule has 31 heavy (non-hydrogen) atoms. The van der Waals surface area contributed by atoms with Gasteiger partial charge < -0.3 is 49.6 Å². The van der Waals surface area contributed by atoms with E-state index in [2.05, 4.69) is 26.8 Å². The lowest BCUT2D eigenvalue weighted by Crippen LogP contribution is -2.59. The second kappa shape index (κ2) is 12.5. The maximum absolute atomic E-state index is 10.2. The van der Waals surface area contributed by atoms with Gasteiger partial charge in [0.2, 0.25) is 0 Å². The smallest absolute Gasteiger partial charge is 0.186 e. The highest BCUT2D eigenvalue weighted by Gasteiger charge is 2.47. The molecule has 0 spiro atoms. The lowest BCUT2D eigenvalue weighted by molar-refractivity contribution is -0.310. The first kappa shape index (κ1) is 26.6. The first-order valence-corrected chi connectivity index (χ1v) is 10.8. The minimum atomic E-state index is -1.51. The minimum absolute atomic E-state index is 0.295. The molecule has 2 heterocycles. The van der Waals surface area contributed by atoms with Crippen LogP contribution < -0.4 is 0 Å². The number of hydrogen-bond acceptors (Lipinski definition) is 10. The molecule has 2 rings (SSSR count). The Bertz CT molecular complexity index is 554. The Morgan fingerprint density at radius 3 is 2.03 bits per heavy atom. The highest BCUT2D eigenvalue weighted by Crippen LogP contribution is 2.26. The molecule has 6 N–H and O–H groups in total. The molecule has 2 fully saturated rings. The largest absolute Gasteiger partial charge is 0.394 e. The fraction of sp³-hybridized carbons (Fsp3) is 0.905. The van der Waals surface area contributed by atoms with Crippen LogP contribution in [0.3, 0.4) is 0 Å². The molecule has 0 saturated carbocycles. The fourth-order valence-corrected chi connectivity index (χ4v) is 3.57. The third-order valence-corrected chi connectivity index (χ3v) is 5.70. The van der Waals surface area contributed by atoms with Crippen LogP contribution >= 0.6 is 0 Å². The highest BCUT2D eigenvalue weighted by molar-refractivity contribution is 4.93. The van der Waals surface area contributed by atoms with Crippen molar-refractivity contribution in [1.82, 2.24) is 0 Å². The van der Waals surface area contributed by atoms with Gasteiger partial charge in [-0.1, -0.05) is 18.6 Å². The maximum Gasteiger partial charge on any atom is 0.186 e. The van der Waals surface area contributed by atoms with E-state index in [-0.39, 0.29) is 6.61 Å². The van der Waals surface area contributed by atoms with Gasteiger partial charge in [0.1, 0.15) is 42.7 Å². The number of rotatable bonds is 11. The van der Waals surface area contributed by atoms with Crippen LogP contribution in [0.15, 0.2) is 11.6 Å². The summed E-state index contributed by atoms with van der Waals surface area (Å²) < 4.78 is 21.8. The standard InChI is InChI=1S/C21H38O10/c1-11(2)5-4-6-12(3)7-8-28-20-19(27)17(25)16(24)14(31-20)10-29-21-18(26)15(23)13(9-22)30-21/h5,12-27H,4,6-10H2,1-3H3/t12?,13-,14+,15-,16+,17-,18+,19+,20+,21+/m0/s1. The Kier molecular flexibility index (Phi) is 10.8. The van der Waals surface area contributed by atoms with Gasteiger partial charge in [0.05, 0.1) is 19.8 Å². The van der Waals surface area contributed by atoms with Crippen LogP contribution in [0.1, 0.15) is 40.0 Å². The molecule has 0 bridgehead atoms. The van der Waals surface area contributed by atoms with Crippen LogP contribution in [0.4, 0.5) is 0 Å². The van der Waals surface area contributed by atoms with Crippen LogP contribution in [0.25, 0.3) is 0 Å². The lowest BCUT2D eigenvalue weighted by Gasteiger charge is -2.40. The van der Waals surface area contributed by atoms with E-state index in [0.717, 1.165) is 19.3 Å². The van der Waals surface area contributed by atoms with Crippen molar-refractivity contribution in [2.24, 2.45) is 5.92 Å². The number of ether oxygens (including phenoxy) is 4. The molecule has 0 aliphatic carbocycles. The molecular weight excluding hydrogens is 412 g/mol. The summed E-state index contributed by atoms with van der Waals surface area (Å²) in [5.74, 6) is 0.401. The Balaban J connectivity index is 1.81. The van der Waals surface area contributed by atoms with Crippen LogP contribution in [0.5, 0.6) is 0 Å². The van der Waals surface area contributed by atoms with Crippen LogP contribution in [0, 0.1) is 5.92 Å². The molecule has 10 nitrogen and oxygen atoms in total. The van der Waals surface area contributed by atoms with Gasteiger partial charge in [-0.3, -0.25) is 0 Å². The first-order chi connectivity index (χ1) is 14.6. The second-order valence-corrected chi connectivity index (χ2v) is 8.68. The van der Waals surface area contributed by atoms with Crippen LogP contribution in [-0.4, -0.2) is 106 Å². The molecule has 2 aliphatic heterocycles. The molecular formula is C21H38O10. The van der Waals surface area contributed by atoms with Crippen molar-refractivity contribution in [3.05, 3.63) is 11.6 Å². The van der Waals surface area contributed by atoms with E-state index in [1.54, 1.807) is 0 Å². The lowest BCUT2D eigenvalue weighted by atomic mass is 9.99. The number of hydrogen-bond donors (Lipinski definition) is 6. The molecule has 0 radical (unpaired) electrons. The summed E-state index contributed by atoms with van der Waals surface area (Å²) in [6.45, 7) is 5.74. The van der Waals surface area contributed by atoms with E-state index < -0.39 is 61.9 Å². The van der Waals surface area contributed by atoms with Crippen molar-refractivity contribution in [2.75, 3.05) is 19.8 Å². The van der Waals surface area contributed by atoms with Crippen molar-refractivity contribution in [1.29, 1.82) is 0 Å². The molecule has 2 aliphatic rings. The predicted octanol–water partition coefficient (Wildman–Crippen LogP) is -0.961. The van der Waals surface area contributed by atoms with Gasteiger partial charge >= 0.3 is 0 Å². The van der Waals surface area contributed by atoms with Gasteiger partial charge in [0.25, 0.3) is 0 Å². The zero-order chi connectivity index (χ0) is 23.1. The average Bonchev–Trinajstić information content (AvgIpc) is 3.00.